The van der Waals surface area contributed by atoms with Crippen LogP contribution in [-0.4, -0.2) is 30.4 Å². The van der Waals surface area contributed by atoms with E-state index in [-0.39, 0.29) is 11.8 Å². The van der Waals surface area contributed by atoms with Gasteiger partial charge in [0.05, 0.1) is 12.7 Å². The zero-order chi connectivity index (χ0) is 17.8. The number of ether oxygens (including phenoxy) is 1. The lowest BCUT2D eigenvalue weighted by atomic mass is 10.1. The third kappa shape index (κ3) is 4.20. The summed E-state index contributed by atoms with van der Waals surface area (Å²) in [6, 6.07) is 12.8. The summed E-state index contributed by atoms with van der Waals surface area (Å²) >= 11 is 3.39. The summed E-state index contributed by atoms with van der Waals surface area (Å²) < 4.78 is 5.87. The summed E-state index contributed by atoms with van der Waals surface area (Å²) in [4.78, 5) is 26.2. The van der Waals surface area contributed by atoms with Gasteiger partial charge in [-0.2, -0.15) is 0 Å². The number of methoxy groups -OCH3 is 1. The van der Waals surface area contributed by atoms with Crippen LogP contribution in [0.3, 0.4) is 0 Å². The normalized spacial score (nSPS) is 13.8. The fourth-order valence-corrected chi connectivity index (χ4v) is 3.27. The number of carbonyl (C=O) groups is 2. The molecule has 6 heteroatoms. The molecule has 0 spiro atoms. The van der Waals surface area contributed by atoms with Gasteiger partial charge in [0.1, 0.15) is 5.75 Å². The summed E-state index contributed by atoms with van der Waals surface area (Å²) in [5.74, 6) is 0.588. The molecule has 2 aromatic carbocycles. The van der Waals surface area contributed by atoms with E-state index >= 15 is 0 Å². The van der Waals surface area contributed by atoms with E-state index in [1.807, 2.05) is 29.2 Å². The predicted octanol–water partition coefficient (Wildman–Crippen LogP) is 3.83. The first kappa shape index (κ1) is 17.5. The standard InChI is InChI=1S/C19H19BrN2O3/c1-25-15-7-8-17(20)16(11-15)19(24)21-14-5-2-4-13(10-14)12-22-9-3-6-18(22)23/h2,4-5,7-8,10-11H,3,6,9,12H2,1H3,(H,21,24). The minimum absolute atomic E-state index is 0.190. The molecule has 25 heavy (non-hydrogen) atoms. The van der Waals surface area contributed by atoms with Crippen LogP contribution >= 0.6 is 15.9 Å². The number of hydrogen-bond acceptors (Lipinski definition) is 3. The van der Waals surface area contributed by atoms with Crippen LogP contribution in [0, 0.1) is 0 Å². The fraction of sp³-hybridized carbons (Fsp3) is 0.263. The topological polar surface area (TPSA) is 58.6 Å². The van der Waals surface area contributed by atoms with Gasteiger partial charge >= 0.3 is 0 Å². The quantitative estimate of drug-likeness (QED) is 0.826. The van der Waals surface area contributed by atoms with Crippen molar-refractivity contribution in [2.45, 2.75) is 19.4 Å². The van der Waals surface area contributed by atoms with Crippen molar-refractivity contribution in [3.05, 3.63) is 58.1 Å². The molecule has 1 saturated heterocycles. The van der Waals surface area contributed by atoms with E-state index < -0.39 is 0 Å². The molecule has 1 N–H and O–H groups in total. The van der Waals surface area contributed by atoms with Crippen molar-refractivity contribution in [1.29, 1.82) is 0 Å². The molecule has 3 rings (SSSR count). The maximum atomic E-state index is 12.5. The molecular formula is C19H19BrN2O3. The Balaban J connectivity index is 1.73. The average Bonchev–Trinajstić information content (AvgIpc) is 3.00. The first-order valence-corrected chi connectivity index (χ1v) is 8.88. The van der Waals surface area contributed by atoms with Crippen molar-refractivity contribution in [1.82, 2.24) is 4.90 Å². The minimum atomic E-state index is -0.222. The molecule has 1 aliphatic heterocycles. The van der Waals surface area contributed by atoms with Crippen LogP contribution in [0.5, 0.6) is 5.75 Å². The molecule has 0 radical (unpaired) electrons. The van der Waals surface area contributed by atoms with Gasteiger partial charge in [-0.25, -0.2) is 0 Å². The van der Waals surface area contributed by atoms with Gasteiger partial charge in [-0.15, -0.1) is 0 Å². The highest BCUT2D eigenvalue weighted by Gasteiger charge is 2.20. The molecule has 130 valence electrons. The fourth-order valence-electron chi connectivity index (χ4n) is 2.84. The number of amides is 2. The summed E-state index contributed by atoms with van der Waals surface area (Å²) in [6.45, 7) is 1.37. The van der Waals surface area contributed by atoms with Gasteiger partial charge in [-0.1, -0.05) is 12.1 Å². The summed E-state index contributed by atoms with van der Waals surface area (Å²) in [5, 5.41) is 2.90. The highest BCUT2D eigenvalue weighted by Crippen LogP contribution is 2.24. The molecule has 0 bridgehead atoms. The Morgan fingerprint density at radius 3 is 2.84 bits per heavy atom. The molecule has 0 saturated carbocycles. The Labute approximate surface area is 155 Å². The van der Waals surface area contributed by atoms with Crippen molar-refractivity contribution in [2.75, 3.05) is 19.0 Å². The van der Waals surface area contributed by atoms with Crippen LogP contribution in [0.25, 0.3) is 0 Å². The molecule has 0 aromatic heterocycles. The van der Waals surface area contributed by atoms with Crippen LogP contribution in [0.15, 0.2) is 46.9 Å². The number of carbonyl (C=O) groups excluding carboxylic acids is 2. The third-order valence-corrected chi connectivity index (χ3v) is 4.84. The van der Waals surface area contributed by atoms with Crippen LogP contribution < -0.4 is 10.1 Å². The monoisotopic (exact) mass is 402 g/mol. The lowest BCUT2D eigenvalue weighted by molar-refractivity contribution is -0.128. The number of likely N-dealkylation sites (tertiary alicyclic amines) is 1. The Morgan fingerprint density at radius 1 is 1.28 bits per heavy atom. The molecule has 0 unspecified atom stereocenters. The van der Waals surface area contributed by atoms with E-state index in [0.29, 0.717) is 34.4 Å². The molecular weight excluding hydrogens is 384 g/mol. The van der Waals surface area contributed by atoms with Crippen LogP contribution in [-0.2, 0) is 11.3 Å². The number of anilines is 1. The van der Waals surface area contributed by atoms with Crippen LogP contribution in [0.1, 0.15) is 28.8 Å². The molecule has 0 aliphatic carbocycles. The van der Waals surface area contributed by atoms with Gasteiger partial charge in [0.15, 0.2) is 0 Å². The number of benzene rings is 2. The second-order valence-corrected chi connectivity index (χ2v) is 6.77. The molecule has 1 heterocycles. The van der Waals surface area contributed by atoms with Crippen molar-refractivity contribution >= 4 is 33.4 Å². The van der Waals surface area contributed by atoms with Crippen molar-refractivity contribution in [2.24, 2.45) is 0 Å². The van der Waals surface area contributed by atoms with Gasteiger partial charge in [-0.05, 0) is 58.2 Å². The van der Waals surface area contributed by atoms with Gasteiger partial charge in [0.2, 0.25) is 5.91 Å². The zero-order valence-corrected chi connectivity index (χ0v) is 15.5. The lowest BCUT2D eigenvalue weighted by Gasteiger charge is -2.16. The highest BCUT2D eigenvalue weighted by atomic mass is 79.9. The van der Waals surface area contributed by atoms with Gasteiger partial charge < -0.3 is 15.0 Å². The van der Waals surface area contributed by atoms with Crippen molar-refractivity contribution < 1.29 is 14.3 Å². The second-order valence-electron chi connectivity index (χ2n) is 5.92. The predicted molar refractivity (Wildman–Crippen MR) is 99.7 cm³/mol. The second kappa shape index (κ2) is 7.70. The third-order valence-electron chi connectivity index (χ3n) is 4.15. The number of nitrogens with zero attached hydrogens (tertiary/aromatic N) is 1. The molecule has 0 atom stereocenters. The van der Waals surface area contributed by atoms with Gasteiger partial charge in [0.25, 0.3) is 5.91 Å². The van der Waals surface area contributed by atoms with E-state index in [9.17, 15) is 9.59 Å². The first-order valence-electron chi connectivity index (χ1n) is 8.08. The molecule has 2 amide bonds. The van der Waals surface area contributed by atoms with Crippen LogP contribution in [0.2, 0.25) is 0 Å². The summed E-state index contributed by atoms with van der Waals surface area (Å²) in [6.07, 6.45) is 1.54. The minimum Gasteiger partial charge on any atom is -0.497 e. The SMILES string of the molecule is COc1ccc(Br)c(C(=O)Nc2cccc(CN3CCCC3=O)c2)c1. The molecule has 5 nitrogen and oxygen atoms in total. The maximum absolute atomic E-state index is 12.5. The Kier molecular flexibility index (Phi) is 5.38. The molecule has 1 aliphatic rings. The van der Waals surface area contributed by atoms with E-state index in [0.717, 1.165) is 18.5 Å². The lowest BCUT2D eigenvalue weighted by Crippen LogP contribution is -2.23. The van der Waals surface area contributed by atoms with Gasteiger partial charge in [-0.3, -0.25) is 9.59 Å². The maximum Gasteiger partial charge on any atom is 0.256 e. The number of rotatable bonds is 5. The first-order chi connectivity index (χ1) is 12.1. The number of nitrogens with one attached hydrogen (secondary N) is 1. The van der Waals surface area contributed by atoms with Crippen molar-refractivity contribution in [3.63, 3.8) is 0 Å². The molecule has 1 fully saturated rings. The largest absolute Gasteiger partial charge is 0.497 e. The van der Waals surface area contributed by atoms with Crippen molar-refractivity contribution in [3.8, 4) is 5.75 Å². The number of hydrogen-bond donors (Lipinski definition) is 1. The average molecular weight is 403 g/mol. The number of halogens is 1. The smallest absolute Gasteiger partial charge is 0.256 e. The van der Waals surface area contributed by atoms with Crippen LogP contribution in [0.4, 0.5) is 5.69 Å². The molecule has 2 aromatic rings. The Hall–Kier alpha value is -2.34. The Morgan fingerprint density at radius 2 is 2.12 bits per heavy atom. The van der Waals surface area contributed by atoms with E-state index in [1.54, 1.807) is 25.3 Å². The Bertz CT molecular complexity index is 807. The zero-order valence-electron chi connectivity index (χ0n) is 13.9. The van der Waals surface area contributed by atoms with E-state index in [4.69, 9.17) is 4.74 Å². The summed E-state index contributed by atoms with van der Waals surface area (Å²) in [5.41, 5.74) is 2.20. The van der Waals surface area contributed by atoms with E-state index in [2.05, 4.69) is 21.2 Å². The highest BCUT2D eigenvalue weighted by molar-refractivity contribution is 9.10. The van der Waals surface area contributed by atoms with Gasteiger partial charge in [0, 0.05) is 29.7 Å². The van der Waals surface area contributed by atoms with E-state index in [1.165, 1.54) is 0 Å². The summed E-state index contributed by atoms with van der Waals surface area (Å²) in [7, 11) is 1.56.